The fourth-order valence-electron chi connectivity index (χ4n) is 0.528. The maximum atomic E-state index is 10.5. The fourth-order valence-corrected chi connectivity index (χ4v) is 0.528. The molecule has 0 atom stereocenters. The van der Waals surface area contributed by atoms with Gasteiger partial charge in [-0.15, -0.1) is 0 Å². The molecule has 1 heterocycles. The van der Waals surface area contributed by atoms with E-state index in [0.29, 0.717) is 0 Å². The highest BCUT2D eigenvalue weighted by atomic mass is 16.2. The quantitative estimate of drug-likeness (QED) is 0.852. The van der Waals surface area contributed by atoms with Gasteiger partial charge in [0.25, 0.3) is 5.56 Å². The third-order valence-electron chi connectivity index (χ3n) is 1.82. The number of nitrogens with zero attached hydrogens (tertiary/aromatic N) is 2. The molecule has 0 unspecified atom stereocenters. The zero-order valence-corrected chi connectivity index (χ0v) is 13.7. The maximum absolute atomic E-state index is 10.5. The lowest BCUT2D eigenvalue weighted by Crippen LogP contribution is -2.29. The van der Waals surface area contributed by atoms with E-state index < -0.39 is 11.2 Å². The number of aryl methyl sites for hydroxylation is 1. The van der Waals surface area contributed by atoms with Gasteiger partial charge in [-0.25, -0.2) is 9.48 Å². The number of allylic oxidation sites excluding steroid dienone is 5. The molecular formula is C16H27N3O2. The molecule has 118 valence electrons. The average Bonchev–Trinajstić information content (AvgIpc) is 2.53. The predicted molar refractivity (Wildman–Crippen MR) is 91.5 cm³/mol. The van der Waals surface area contributed by atoms with Crippen molar-refractivity contribution >= 4 is 0 Å². The normalized spacial score (nSPS) is 8.52. The first-order valence-electron chi connectivity index (χ1n) is 6.54. The first kappa shape index (κ1) is 23.6. The van der Waals surface area contributed by atoms with Gasteiger partial charge in [-0.05, 0) is 13.8 Å². The Labute approximate surface area is 127 Å². The van der Waals surface area contributed by atoms with Crippen molar-refractivity contribution in [2.24, 2.45) is 7.05 Å². The summed E-state index contributed by atoms with van der Waals surface area (Å²) >= 11 is 0. The zero-order valence-electron chi connectivity index (χ0n) is 13.7. The Kier molecular flexibility index (Phi) is 19.8. The first-order valence-corrected chi connectivity index (χ1v) is 6.54. The van der Waals surface area contributed by atoms with Crippen molar-refractivity contribution in [3.8, 4) is 0 Å². The van der Waals surface area contributed by atoms with Gasteiger partial charge in [-0.2, -0.15) is 5.10 Å². The van der Waals surface area contributed by atoms with E-state index in [9.17, 15) is 9.59 Å². The van der Waals surface area contributed by atoms with E-state index >= 15 is 0 Å². The summed E-state index contributed by atoms with van der Waals surface area (Å²) in [6.45, 7) is 18.3. The summed E-state index contributed by atoms with van der Waals surface area (Å²) in [6.07, 6.45) is 8.18. The minimum atomic E-state index is -0.498. The average molecular weight is 293 g/mol. The molecular weight excluding hydrogens is 266 g/mol. The molecule has 0 fully saturated rings. The Morgan fingerprint density at radius 3 is 1.90 bits per heavy atom. The van der Waals surface area contributed by atoms with E-state index in [1.54, 1.807) is 12.2 Å². The third-order valence-corrected chi connectivity index (χ3v) is 1.82. The fraction of sp³-hybridized carbons (Fsp3) is 0.312. The molecule has 21 heavy (non-hydrogen) atoms. The molecule has 1 rings (SSSR count). The van der Waals surface area contributed by atoms with Gasteiger partial charge in [0.15, 0.2) is 0 Å². The van der Waals surface area contributed by atoms with E-state index in [4.69, 9.17) is 0 Å². The molecule has 0 spiro atoms. The van der Waals surface area contributed by atoms with Crippen LogP contribution in [0.4, 0.5) is 0 Å². The van der Waals surface area contributed by atoms with Crippen LogP contribution in [0.25, 0.3) is 0 Å². The monoisotopic (exact) mass is 293 g/mol. The molecule has 5 nitrogen and oxygen atoms in total. The Bertz CT molecular complexity index is 531. The minimum Gasteiger partial charge on any atom is -0.271 e. The number of nitrogens with one attached hydrogen (secondary N) is 1. The number of hydrogen-bond acceptors (Lipinski definition) is 3. The van der Waals surface area contributed by atoms with Crippen LogP contribution in [0.2, 0.25) is 0 Å². The lowest BCUT2D eigenvalue weighted by atomic mass is 10.3. The standard InChI is InChI=1S/C6H10.C4H5N3O2.C4H6.C2H6/c1-4-6(3)5-2;1-7-4(9)6-3(8)2-5-7;1-3-4-2;1-2/h4-5H,1H2,2-3H3;2H,1H3,(H,6,8,9);3-4H,1-2H2;1-2H3/b6-5-;;;. The molecule has 0 aliphatic heterocycles. The molecule has 0 saturated heterocycles. The van der Waals surface area contributed by atoms with Crippen molar-refractivity contribution in [3.63, 3.8) is 0 Å². The maximum Gasteiger partial charge on any atom is 0.344 e. The molecule has 1 N–H and O–H groups in total. The summed E-state index contributed by atoms with van der Waals surface area (Å²) in [5.41, 5.74) is 0.260. The summed E-state index contributed by atoms with van der Waals surface area (Å²) in [5, 5.41) is 3.44. The molecule has 0 aliphatic carbocycles. The summed E-state index contributed by atoms with van der Waals surface area (Å²) in [7, 11) is 1.46. The van der Waals surface area contributed by atoms with E-state index in [1.165, 1.54) is 12.6 Å². The van der Waals surface area contributed by atoms with Gasteiger partial charge < -0.3 is 0 Å². The van der Waals surface area contributed by atoms with Gasteiger partial charge in [0.05, 0.1) is 0 Å². The Morgan fingerprint density at radius 2 is 1.71 bits per heavy atom. The second-order valence-electron chi connectivity index (χ2n) is 3.27. The van der Waals surface area contributed by atoms with Crippen LogP contribution < -0.4 is 11.2 Å². The molecule has 0 saturated carbocycles. The van der Waals surface area contributed by atoms with Crippen molar-refractivity contribution in [2.45, 2.75) is 27.7 Å². The van der Waals surface area contributed by atoms with E-state index in [2.05, 4.69) is 24.8 Å². The summed E-state index contributed by atoms with van der Waals surface area (Å²) in [6, 6.07) is 0. The topological polar surface area (TPSA) is 67.8 Å². The van der Waals surface area contributed by atoms with Gasteiger partial charge >= 0.3 is 5.69 Å². The molecule has 0 aromatic carbocycles. The molecule has 1 aromatic heterocycles. The second kappa shape index (κ2) is 17.6. The molecule has 0 bridgehead atoms. The highest BCUT2D eigenvalue weighted by Crippen LogP contribution is 1.88. The van der Waals surface area contributed by atoms with Crippen LogP contribution in [0, 0.1) is 0 Å². The van der Waals surface area contributed by atoms with Crippen molar-refractivity contribution in [1.29, 1.82) is 0 Å². The Morgan fingerprint density at radius 1 is 1.24 bits per heavy atom. The highest BCUT2D eigenvalue weighted by molar-refractivity contribution is 5.10. The molecule has 0 amide bonds. The van der Waals surface area contributed by atoms with E-state index in [1.807, 2.05) is 44.8 Å². The summed E-state index contributed by atoms with van der Waals surface area (Å²) in [4.78, 5) is 22.8. The van der Waals surface area contributed by atoms with E-state index in [-0.39, 0.29) is 0 Å². The molecule has 0 radical (unpaired) electrons. The van der Waals surface area contributed by atoms with Crippen LogP contribution in [0.1, 0.15) is 27.7 Å². The Balaban J connectivity index is -0.000000236. The minimum absolute atomic E-state index is 0.474. The SMILES string of the molecule is C=C/C(C)=C\C.C=CC=C.CC.Cn1ncc(=O)[nH]c1=O. The van der Waals surface area contributed by atoms with Crippen LogP contribution in [0.15, 0.2) is 65.4 Å². The molecule has 0 aliphatic rings. The number of hydrogen-bond donors (Lipinski definition) is 1. The molecule has 5 heteroatoms. The number of aromatic amines is 1. The summed E-state index contributed by atoms with van der Waals surface area (Å²) in [5.74, 6) is 0. The summed E-state index contributed by atoms with van der Waals surface area (Å²) < 4.78 is 1.04. The van der Waals surface area contributed by atoms with Crippen LogP contribution in [0.5, 0.6) is 0 Å². The third kappa shape index (κ3) is 17.6. The van der Waals surface area contributed by atoms with Crippen molar-refractivity contribution in [1.82, 2.24) is 14.8 Å². The van der Waals surface area contributed by atoms with Gasteiger partial charge in [0.1, 0.15) is 6.20 Å². The van der Waals surface area contributed by atoms with Crippen LogP contribution >= 0.6 is 0 Å². The second-order valence-corrected chi connectivity index (χ2v) is 3.27. The van der Waals surface area contributed by atoms with Crippen LogP contribution in [-0.4, -0.2) is 14.8 Å². The van der Waals surface area contributed by atoms with Crippen LogP contribution in [-0.2, 0) is 7.05 Å². The predicted octanol–water partition coefficient (Wildman–Crippen LogP) is 2.99. The largest absolute Gasteiger partial charge is 0.344 e. The van der Waals surface area contributed by atoms with Gasteiger partial charge in [0, 0.05) is 7.05 Å². The highest BCUT2D eigenvalue weighted by Gasteiger charge is 1.87. The first-order chi connectivity index (χ1) is 9.92. The molecule has 1 aromatic rings. The zero-order chi connectivity index (χ0) is 17.3. The number of aromatic nitrogens is 3. The Hall–Kier alpha value is -2.43. The smallest absolute Gasteiger partial charge is 0.271 e. The van der Waals surface area contributed by atoms with Crippen molar-refractivity contribution < 1.29 is 0 Å². The van der Waals surface area contributed by atoms with E-state index in [0.717, 1.165) is 10.9 Å². The lowest BCUT2D eigenvalue weighted by Gasteiger charge is -1.88. The lowest BCUT2D eigenvalue weighted by molar-refractivity contribution is 0.665. The number of H-pyrrole nitrogens is 1. The van der Waals surface area contributed by atoms with Crippen molar-refractivity contribution in [3.05, 3.63) is 76.6 Å². The number of rotatable bonds is 2. The van der Waals surface area contributed by atoms with Gasteiger partial charge in [0.2, 0.25) is 0 Å². The van der Waals surface area contributed by atoms with Crippen LogP contribution in [0.3, 0.4) is 0 Å². The van der Waals surface area contributed by atoms with Gasteiger partial charge in [-0.1, -0.05) is 63.5 Å². The van der Waals surface area contributed by atoms with Crippen molar-refractivity contribution in [2.75, 3.05) is 0 Å². The van der Waals surface area contributed by atoms with Gasteiger partial charge in [-0.3, -0.25) is 9.78 Å².